The van der Waals surface area contributed by atoms with Crippen LogP contribution in [0, 0.1) is 0 Å². The summed E-state index contributed by atoms with van der Waals surface area (Å²) in [6, 6.07) is 10.5. The summed E-state index contributed by atoms with van der Waals surface area (Å²) in [6.45, 7) is 0. The Labute approximate surface area is 159 Å². The van der Waals surface area contributed by atoms with Crippen LogP contribution in [0.1, 0.15) is 37.7 Å². The molecule has 1 aromatic carbocycles. The Balaban J connectivity index is 0.00000400. The molecule has 0 saturated carbocycles. The van der Waals surface area contributed by atoms with Crippen molar-refractivity contribution < 1.29 is 39.5 Å². The van der Waals surface area contributed by atoms with E-state index in [0.29, 0.717) is 5.25 Å². The molecule has 0 aliphatic carbocycles. The van der Waals surface area contributed by atoms with Gasteiger partial charge >= 0.3 is 29.6 Å². The molecule has 1 atom stereocenters. The van der Waals surface area contributed by atoms with E-state index in [4.69, 9.17) is 0 Å². The van der Waals surface area contributed by atoms with Gasteiger partial charge in [-0.2, -0.15) is 23.5 Å². The fourth-order valence-electron chi connectivity index (χ4n) is 2.00. The minimum absolute atomic E-state index is 0. The molecule has 21 heavy (non-hydrogen) atoms. The molecule has 0 saturated heterocycles. The molecule has 1 aromatic rings. The minimum Gasteiger partial charge on any atom is -0.550 e. The number of aliphatic carboxylic acids is 1. The first-order valence-electron chi connectivity index (χ1n) is 7.06. The van der Waals surface area contributed by atoms with Gasteiger partial charge in [0, 0.05) is 17.0 Å². The third-order valence-corrected chi connectivity index (χ3v) is 5.39. The molecular weight excluding hydrogens is 311 g/mol. The number of rotatable bonds is 11. The third-order valence-electron chi connectivity index (χ3n) is 3.19. The fourth-order valence-corrected chi connectivity index (χ4v) is 3.93. The Hall–Kier alpha value is 0.390. The second-order valence-corrected chi connectivity index (χ2v) is 7.05. The third kappa shape index (κ3) is 11.6. The zero-order valence-corrected chi connectivity index (χ0v) is 16.7. The molecule has 0 N–H and O–H groups in total. The molecule has 1 rings (SSSR count). The molecule has 0 bridgehead atoms. The van der Waals surface area contributed by atoms with E-state index in [1.165, 1.54) is 17.7 Å². The summed E-state index contributed by atoms with van der Waals surface area (Å²) in [6.07, 6.45) is 6.39. The molecule has 0 amide bonds. The maximum absolute atomic E-state index is 10.3. The molecule has 112 valence electrons. The molecule has 2 nitrogen and oxygen atoms in total. The second kappa shape index (κ2) is 14.0. The SMILES string of the molecule is CSC(CCCCC(=O)[O-])CCSCc1ccccc1.[Na+]. The van der Waals surface area contributed by atoms with E-state index in [-0.39, 0.29) is 36.0 Å². The van der Waals surface area contributed by atoms with Gasteiger partial charge in [-0.3, -0.25) is 0 Å². The average molecular weight is 334 g/mol. The first-order chi connectivity index (χ1) is 9.72. The van der Waals surface area contributed by atoms with E-state index in [1.807, 2.05) is 29.6 Å². The standard InChI is InChI=1S/C16H24O2S2.Na/c1-19-15(9-5-6-10-16(17)18)11-12-20-13-14-7-3-2-4-8-14;/h2-4,7-8,15H,5-6,9-13H2,1H3,(H,17,18);/q;+1/p-1. The van der Waals surface area contributed by atoms with Crippen LogP contribution in [0.3, 0.4) is 0 Å². The van der Waals surface area contributed by atoms with Gasteiger partial charge in [0.05, 0.1) is 0 Å². The molecule has 5 heteroatoms. The van der Waals surface area contributed by atoms with Gasteiger partial charge in [-0.25, -0.2) is 0 Å². The van der Waals surface area contributed by atoms with Crippen LogP contribution in [0.25, 0.3) is 0 Å². The largest absolute Gasteiger partial charge is 1.00 e. The van der Waals surface area contributed by atoms with Crippen LogP contribution < -0.4 is 34.7 Å². The normalized spacial score (nSPS) is 11.7. The van der Waals surface area contributed by atoms with E-state index in [0.717, 1.165) is 25.0 Å². The summed E-state index contributed by atoms with van der Waals surface area (Å²) in [5.41, 5.74) is 1.38. The van der Waals surface area contributed by atoms with Gasteiger partial charge in [0.1, 0.15) is 0 Å². The summed E-state index contributed by atoms with van der Waals surface area (Å²) in [5, 5.41) is 11.0. The van der Waals surface area contributed by atoms with Crippen LogP contribution in [0.4, 0.5) is 0 Å². The Morgan fingerprint density at radius 3 is 2.52 bits per heavy atom. The summed E-state index contributed by atoms with van der Waals surface area (Å²) in [5.74, 6) is 1.32. The number of thioether (sulfide) groups is 2. The molecule has 0 aliphatic heterocycles. The van der Waals surface area contributed by atoms with Crippen molar-refractivity contribution in [3.63, 3.8) is 0 Å². The van der Waals surface area contributed by atoms with Crippen LogP contribution in [0.15, 0.2) is 30.3 Å². The van der Waals surface area contributed by atoms with Crippen molar-refractivity contribution in [3.8, 4) is 0 Å². The molecule has 0 fully saturated rings. The molecule has 0 spiro atoms. The fraction of sp³-hybridized carbons (Fsp3) is 0.562. The van der Waals surface area contributed by atoms with Crippen LogP contribution in [0.2, 0.25) is 0 Å². The van der Waals surface area contributed by atoms with Crippen LogP contribution in [0.5, 0.6) is 0 Å². The van der Waals surface area contributed by atoms with Crippen LogP contribution in [-0.2, 0) is 10.5 Å². The predicted molar refractivity (Wildman–Crippen MR) is 88.0 cm³/mol. The Morgan fingerprint density at radius 2 is 1.90 bits per heavy atom. The van der Waals surface area contributed by atoms with Crippen molar-refractivity contribution in [1.29, 1.82) is 0 Å². The van der Waals surface area contributed by atoms with Gasteiger partial charge in [-0.15, -0.1) is 0 Å². The number of benzene rings is 1. The molecule has 0 aliphatic rings. The van der Waals surface area contributed by atoms with Gasteiger partial charge < -0.3 is 9.90 Å². The van der Waals surface area contributed by atoms with E-state index in [1.54, 1.807) is 0 Å². The second-order valence-electron chi connectivity index (χ2n) is 4.80. The van der Waals surface area contributed by atoms with Crippen molar-refractivity contribution in [2.45, 2.75) is 43.1 Å². The van der Waals surface area contributed by atoms with Crippen molar-refractivity contribution in [2.75, 3.05) is 12.0 Å². The maximum Gasteiger partial charge on any atom is 1.00 e. The van der Waals surface area contributed by atoms with Gasteiger partial charge in [-0.05, 0) is 43.3 Å². The molecule has 0 radical (unpaired) electrons. The predicted octanol–water partition coefficient (Wildman–Crippen LogP) is 0.356. The number of carboxylic acids is 1. The van der Waals surface area contributed by atoms with Crippen LogP contribution in [-0.4, -0.2) is 23.2 Å². The molecule has 0 aromatic heterocycles. The molecular formula is C16H23NaO2S2. The first-order valence-corrected chi connectivity index (χ1v) is 9.51. The van der Waals surface area contributed by atoms with Crippen molar-refractivity contribution in [2.24, 2.45) is 0 Å². The number of hydrogen-bond acceptors (Lipinski definition) is 4. The quantitative estimate of drug-likeness (QED) is 0.433. The van der Waals surface area contributed by atoms with E-state index in [2.05, 4.69) is 30.5 Å². The zero-order chi connectivity index (χ0) is 14.6. The average Bonchev–Trinajstić information content (AvgIpc) is 2.46. The Bertz CT molecular complexity index is 374. The summed E-state index contributed by atoms with van der Waals surface area (Å²) >= 11 is 3.88. The molecule has 0 heterocycles. The summed E-state index contributed by atoms with van der Waals surface area (Å²) in [4.78, 5) is 10.3. The van der Waals surface area contributed by atoms with E-state index in [9.17, 15) is 9.90 Å². The van der Waals surface area contributed by atoms with Gasteiger partial charge in [-0.1, -0.05) is 36.8 Å². The summed E-state index contributed by atoms with van der Waals surface area (Å²) in [7, 11) is 0. The smallest absolute Gasteiger partial charge is 0.550 e. The monoisotopic (exact) mass is 334 g/mol. The maximum atomic E-state index is 10.3. The van der Waals surface area contributed by atoms with Crippen molar-refractivity contribution in [3.05, 3.63) is 35.9 Å². The Kier molecular flexibility index (Phi) is 14.3. The van der Waals surface area contributed by atoms with E-state index >= 15 is 0 Å². The first kappa shape index (κ1) is 21.4. The Morgan fingerprint density at radius 1 is 1.19 bits per heavy atom. The zero-order valence-electron chi connectivity index (χ0n) is 13.0. The number of carbonyl (C=O) groups is 1. The number of hydrogen-bond donors (Lipinski definition) is 0. The minimum atomic E-state index is -0.927. The van der Waals surface area contributed by atoms with Gasteiger partial charge in [0.2, 0.25) is 0 Å². The number of carboxylic acid groups (broad SMARTS) is 1. The number of unbranched alkanes of at least 4 members (excludes halogenated alkanes) is 1. The topological polar surface area (TPSA) is 40.1 Å². The van der Waals surface area contributed by atoms with Gasteiger partial charge in [0.25, 0.3) is 0 Å². The van der Waals surface area contributed by atoms with E-state index < -0.39 is 5.97 Å². The van der Waals surface area contributed by atoms with Crippen molar-refractivity contribution >= 4 is 29.5 Å². The number of carbonyl (C=O) groups excluding carboxylic acids is 1. The van der Waals surface area contributed by atoms with Crippen LogP contribution >= 0.6 is 23.5 Å². The molecule has 1 unspecified atom stereocenters. The van der Waals surface area contributed by atoms with Gasteiger partial charge in [0.15, 0.2) is 0 Å². The van der Waals surface area contributed by atoms with Crippen molar-refractivity contribution in [1.82, 2.24) is 0 Å². The summed E-state index contributed by atoms with van der Waals surface area (Å²) < 4.78 is 0.